The van der Waals surface area contributed by atoms with E-state index in [2.05, 4.69) is 31.3 Å². The van der Waals surface area contributed by atoms with Crippen LogP contribution in [0.25, 0.3) is 11.4 Å². The molecule has 7 nitrogen and oxygen atoms in total. The summed E-state index contributed by atoms with van der Waals surface area (Å²) in [6, 6.07) is 10.4. The minimum Gasteiger partial charge on any atom is -0.328 e. The lowest BCUT2D eigenvalue weighted by Gasteiger charge is -2.45. The largest absolute Gasteiger partial charge is 0.328 e. The molecular weight excluding hydrogens is 395 g/mol. The van der Waals surface area contributed by atoms with Crippen molar-refractivity contribution in [1.29, 1.82) is 0 Å². The first-order valence-corrected chi connectivity index (χ1v) is 9.85. The van der Waals surface area contributed by atoms with E-state index >= 15 is 0 Å². The molecule has 2 amide bonds. The number of anilines is 1. The molecule has 9 heteroatoms. The Labute approximate surface area is 171 Å². The molecule has 1 fully saturated rings. The van der Waals surface area contributed by atoms with Crippen molar-refractivity contribution in [2.75, 3.05) is 5.32 Å². The van der Waals surface area contributed by atoms with Crippen molar-refractivity contribution < 1.29 is 9.18 Å². The van der Waals surface area contributed by atoms with Gasteiger partial charge in [-0.3, -0.25) is 0 Å². The molecule has 2 atom stereocenters. The van der Waals surface area contributed by atoms with E-state index in [9.17, 15) is 9.18 Å². The third-order valence-electron chi connectivity index (χ3n) is 5.92. The molecule has 1 spiro atoms. The van der Waals surface area contributed by atoms with Crippen molar-refractivity contribution >= 4 is 23.3 Å². The molecule has 3 N–H and O–H groups in total. The summed E-state index contributed by atoms with van der Waals surface area (Å²) in [5, 5.41) is 20.2. The van der Waals surface area contributed by atoms with Gasteiger partial charge in [-0.2, -0.15) is 5.21 Å². The van der Waals surface area contributed by atoms with Crippen molar-refractivity contribution in [3.8, 4) is 11.4 Å². The molecule has 1 aromatic heterocycles. The highest BCUT2D eigenvalue weighted by atomic mass is 35.5. The van der Waals surface area contributed by atoms with Crippen LogP contribution in [0.15, 0.2) is 36.4 Å². The molecule has 29 heavy (non-hydrogen) atoms. The SMILES string of the molecule is O=C1Nc2c(Cl)cccc2C2(CCCC(c3ccc(F)c(-c4nn[nH]n4)c3)C2)N1. The number of carbonyl (C=O) groups excluding carboxylic acids is 1. The highest BCUT2D eigenvalue weighted by Gasteiger charge is 2.44. The number of nitrogens with zero attached hydrogens (tertiary/aromatic N) is 3. The van der Waals surface area contributed by atoms with Crippen LogP contribution in [-0.2, 0) is 5.54 Å². The average molecular weight is 413 g/mol. The number of rotatable bonds is 2. The molecule has 3 aromatic rings. The number of halogens is 2. The topological polar surface area (TPSA) is 95.6 Å². The summed E-state index contributed by atoms with van der Waals surface area (Å²) in [6.07, 6.45) is 3.39. The molecule has 2 aliphatic rings. The lowest BCUT2D eigenvalue weighted by molar-refractivity contribution is 0.198. The van der Waals surface area contributed by atoms with Crippen LogP contribution in [0.1, 0.15) is 42.7 Å². The molecule has 0 radical (unpaired) electrons. The Balaban J connectivity index is 1.54. The number of tetrazole rings is 1. The van der Waals surface area contributed by atoms with Crippen LogP contribution in [0.3, 0.4) is 0 Å². The molecule has 1 saturated carbocycles. The van der Waals surface area contributed by atoms with E-state index in [0.717, 1.165) is 30.4 Å². The van der Waals surface area contributed by atoms with Gasteiger partial charge < -0.3 is 10.6 Å². The smallest absolute Gasteiger partial charge is 0.319 e. The van der Waals surface area contributed by atoms with E-state index < -0.39 is 11.4 Å². The fraction of sp³-hybridized carbons (Fsp3) is 0.300. The lowest BCUT2D eigenvalue weighted by atomic mass is 9.69. The Morgan fingerprint density at radius 3 is 2.97 bits per heavy atom. The van der Waals surface area contributed by atoms with Crippen molar-refractivity contribution in [2.24, 2.45) is 0 Å². The fourth-order valence-electron chi connectivity index (χ4n) is 4.64. The lowest BCUT2D eigenvalue weighted by Crippen LogP contribution is -2.53. The number of amides is 2. The van der Waals surface area contributed by atoms with Crippen LogP contribution in [0.4, 0.5) is 14.9 Å². The second-order valence-corrected chi connectivity index (χ2v) is 8.00. The van der Waals surface area contributed by atoms with Gasteiger partial charge in [0.15, 0.2) is 0 Å². The second-order valence-electron chi connectivity index (χ2n) is 7.59. The summed E-state index contributed by atoms with van der Waals surface area (Å²) >= 11 is 6.35. The van der Waals surface area contributed by atoms with Gasteiger partial charge in [0.25, 0.3) is 0 Å². The van der Waals surface area contributed by atoms with Gasteiger partial charge in [0.1, 0.15) is 5.82 Å². The van der Waals surface area contributed by atoms with Crippen molar-refractivity contribution in [3.63, 3.8) is 0 Å². The Morgan fingerprint density at radius 1 is 1.24 bits per heavy atom. The van der Waals surface area contributed by atoms with Crippen LogP contribution in [-0.4, -0.2) is 26.7 Å². The first-order valence-electron chi connectivity index (χ1n) is 9.47. The highest BCUT2D eigenvalue weighted by Crippen LogP contribution is 2.49. The first kappa shape index (κ1) is 18.1. The molecule has 148 valence electrons. The normalized spacial score (nSPS) is 23.4. The summed E-state index contributed by atoms with van der Waals surface area (Å²) < 4.78 is 14.3. The average Bonchev–Trinajstić information content (AvgIpc) is 3.24. The predicted molar refractivity (Wildman–Crippen MR) is 106 cm³/mol. The quantitative estimate of drug-likeness (QED) is 0.583. The second kappa shape index (κ2) is 6.81. The van der Waals surface area contributed by atoms with Gasteiger partial charge >= 0.3 is 6.03 Å². The number of hydrogen-bond acceptors (Lipinski definition) is 4. The van der Waals surface area contributed by atoms with E-state index in [1.165, 1.54) is 6.07 Å². The molecule has 2 aromatic carbocycles. The first-order chi connectivity index (χ1) is 14.1. The Bertz CT molecular complexity index is 1090. The zero-order chi connectivity index (χ0) is 20.0. The third kappa shape index (κ3) is 3.04. The maximum absolute atomic E-state index is 14.3. The molecule has 1 aliphatic carbocycles. The molecule has 2 heterocycles. The number of hydrogen-bond donors (Lipinski definition) is 3. The van der Waals surface area contributed by atoms with E-state index in [0.29, 0.717) is 22.7 Å². The van der Waals surface area contributed by atoms with Crippen LogP contribution in [0.2, 0.25) is 5.02 Å². The Morgan fingerprint density at radius 2 is 2.14 bits per heavy atom. The molecule has 2 unspecified atom stereocenters. The van der Waals surface area contributed by atoms with E-state index in [1.807, 2.05) is 12.1 Å². The standard InChI is InChI=1S/C20H18ClFN6O/c21-15-5-1-4-14-17(15)23-19(29)24-20(14)8-2-3-12(10-20)11-6-7-16(22)13(9-11)18-25-27-28-26-18/h1,4-7,9,12H,2-3,8,10H2,(H2,23,24,29)(H,25,26,27,28). The van der Waals surface area contributed by atoms with Crippen LogP contribution >= 0.6 is 11.6 Å². The summed E-state index contributed by atoms with van der Waals surface area (Å²) in [5.41, 5.74) is 2.46. The van der Waals surface area contributed by atoms with Gasteiger partial charge in [-0.15, -0.1) is 10.2 Å². The van der Waals surface area contributed by atoms with Crippen molar-refractivity contribution in [1.82, 2.24) is 25.9 Å². The Kier molecular flexibility index (Phi) is 4.24. The van der Waals surface area contributed by atoms with Gasteiger partial charge in [0.2, 0.25) is 5.82 Å². The van der Waals surface area contributed by atoms with Gasteiger partial charge in [0.05, 0.1) is 21.8 Å². The van der Waals surface area contributed by atoms with Crippen molar-refractivity contribution in [2.45, 2.75) is 37.1 Å². The monoisotopic (exact) mass is 412 g/mol. The number of urea groups is 1. The zero-order valence-electron chi connectivity index (χ0n) is 15.4. The zero-order valence-corrected chi connectivity index (χ0v) is 16.1. The number of aromatic amines is 1. The van der Waals surface area contributed by atoms with Crippen LogP contribution in [0, 0.1) is 5.82 Å². The van der Waals surface area contributed by atoms with E-state index in [-0.39, 0.29) is 17.8 Å². The summed E-state index contributed by atoms with van der Waals surface area (Å²) in [6.45, 7) is 0. The maximum Gasteiger partial charge on any atom is 0.319 e. The van der Waals surface area contributed by atoms with Crippen molar-refractivity contribution in [3.05, 3.63) is 58.4 Å². The fourth-order valence-corrected chi connectivity index (χ4v) is 4.86. The van der Waals surface area contributed by atoms with Gasteiger partial charge in [0, 0.05) is 5.56 Å². The van der Waals surface area contributed by atoms with Gasteiger partial charge in [-0.05, 0) is 54.2 Å². The number of H-pyrrole nitrogens is 1. The maximum atomic E-state index is 14.3. The minimum absolute atomic E-state index is 0.139. The van der Waals surface area contributed by atoms with Crippen LogP contribution in [0.5, 0.6) is 0 Å². The number of para-hydroxylation sites is 1. The number of benzene rings is 2. The summed E-state index contributed by atoms with van der Waals surface area (Å²) in [5.74, 6) is -0.0321. The number of nitrogens with one attached hydrogen (secondary N) is 3. The highest BCUT2D eigenvalue weighted by molar-refractivity contribution is 6.34. The summed E-state index contributed by atoms with van der Waals surface area (Å²) in [7, 11) is 0. The molecule has 1 aliphatic heterocycles. The van der Waals surface area contributed by atoms with Crippen LogP contribution < -0.4 is 10.6 Å². The summed E-state index contributed by atoms with van der Waals surface area (Å²) in [4.78, 5) is 12.4. The van der Waals surface area contributed by atoms with Gasteiger partial charge in [-0.25, -0.2) is 9.18 Å². The van der Waals surface area contributed by atoms with E-state index in [1.54, 1.807) is 18.2 Å². The van der Waals surface area contributed by atoms with Gasteiger partial charge in [-0.1, -0.05) is 36.2 Å². The Hall–Kier alpha value is -3.00. The predicted octanol–water partition coefficient (Wildman–Crippen LogP) is 4.35. The molecular formula is C20H18ClFN6O. The number of aromatic nitrogens is 4. The van der Waals surface area contributed by atoms with E-state index in [4.69, 9.17) is 11.6 Å². The molecule has 0 saturated heterocycles. The number of carbonyl (C=O) groups is 1. The molecule has 0 bridgehead atoms. The minimum atomic E-state index is -0.508. The molecule has 5 rings (SSSR count). The third-order valence-corrected chi connectivity index (χ3v) is 6.23. The number of fused-ring (bicyclic) bond motifs is 2.